The molecule has 6 nitrogen and oxygen atoms in total. The molecule has 0 radical (unpaired) electrons. The molecule has 2 N–H and O–H groups in total. The van der Waals surface area contributed by atoms with Crippen molar-refractivity contribution in [2.45, 2.75) is 97.7 Å². The van der Waals surface area contributed by atoms with E-state index in [2.05, 4.69) is 50.5 Å². The van der Waals surface area contributed by atoms with Gasteiger partial charge in [-0.3, -0.25) is 9.59 Å². The Hall–Kier alpha value is -4.58. The van der Waals surface area contributed by atoms with Crippen LogP contribution < -0.4 is 20.1 Å². The molecule has 0 heterocycles. The topological polar surface area (TPSA) is 76.7 Å². The zero-order valence-corrected chi connectivity index (χ0v) is 28.7. The molecule has 4 rings (SSSR count). The van der Waals surface area contributed by atoms with Gasteiger partial charge in [-0.1, -0.05) is 102 Å². The Bertz CT molecular complexity index is 1460. The second-order valence-electron chi connectivity index (χ2n) is 12.3. The number of hydrogen-bond acceptors (Lipinski definition) is 4. The smallest absolute Gasteiger partial charge is 0.265 e. The number of anilines is 2. The molecular formula is C41H50N2O4. The number of carbonyl (C=O) groups excluding carboxylic acids is 2. The van der Waals surface area contributed by atoms with Crippen LogP contribution in [0.4, 0.5) is 11.4 Å². The largest absolute Gasteiger partial charge is 0.480 e. The Morgan fingerprint density at radius 3 is 1.23 bits per heavy atom. The van der Waals surface area contributed by atoms with E-state index >= 15 is 0 Å². The summed E-state index contributed by atoms with van der Waals surface area (Å²) in [6.07, 6.45) is 2.68. The molecule has 0 fully saturated rings. The molecule has 0 bridgehead atoms. The third-order valence-corrected chi connectivity index (χ3v) is 8.84. The lowest BCUT2D eigenvalue weighted by Gasteiger charge is -2.21. The summed E-state index contributed by atoms with van der Waals surface area (Å²) in [7, 11) is 0. The van der Waals surface area contributed by atoms with Gasteiger partial charge in [-0.25, -0.2) is 0 Å². The van der Waals surface area contributed by atoms with Crippen LogP contribution in [-0.2, 0) is 16.0 Å². The molecule has 4 aromatic carbocycles. The molecule has 4 atom stereocenters. The minimum atomic E-state index is -0.585. The molecule has 0 saturated carbocycles. The van der Waals surface area contributed by atoms with Crippen molar-refractivity contribution in [3.63, 3.8) is 0 Å². The highest BCUT2D eigenvalue weighted by Crippen LogP contribution is 2.31. The lowest BCUT2D eigenvalue weighted by atomic mass is 9.98. The number of benzene rings is 4. The second kappa shape index (κ2) is 17.4. The van der Waals surface area contributed by atoms with Crippen LogP contribution in [0.15, 0.2) is 97.1 Å². The van der Waals surface area contributed by atoms with E-state index in [1.54, 1.807) is 0 Å². The molecule has 0 aliphatic carbocycles. The molecule has 2 amide bonds. The van der Waals surface area contributed by atoms with Crippen molar-refractivity contribution < 1.29 is 19.1 Å². The highest BCUT2D eigenvalue weighted by molar-refractivity contribution is 5.95. The van der Waals surface area contributed by atoms with Crippen LogP contribution in [-0.4, -0.2) is 24.0 Å². The third-order valence-electron chi connectivity index (χ3n) is 8.84. The molecule has 6 heteroatoms. The van der Waals surface area contributed by atoms with Crippen LogP contribution in [0.5, 0.6) is 11.5 Å². The van der Waals surface area contributed by atoms with Crippen molar-refractivity contribution in [1.29, 1.82) is 0 Å². The average Bonchev–Trinajstić information content (AvgIpc) is 3.10. The van der Waals surface area contributed by atoms with Gasteiger partial charge in [0, 0.05) is 11.4 Å². The van der Waals surface area contributed by atoms with Gasteiger partial charge < -0.3 is 20.1 Å². The van der Waals surface area contributed by atoms with Crippen molar-refractivity contribution in [1.82, 2.24) is 0 Å². The lowest BCUT2D eigenvalue weighted by molar-refractivity contribution is -0.123. The number of rotatable bonds is 16. The SMILES string of the molecule is CCC(Oc1ccccc1C(C)CC)C(=O)Nc1ccc(Cc2ccc(NC(=O)C(CC)Oc3ccccc3C(C)CC)cc2)cc1. The van der Waals surface area contributed by atoms with Gasteiger partial charge in [0.25, 0.3) is 11.8 Å². The highest BCUT2D eigenvalue weighted by Gasteiger charge is 2.22. The van der Waals surface area contributed by atoms with Crippen LogP contribution in [0.1, 0.15) is 101 Å². The zero-order valence-electron chi connectivity index (χ0n) is 28.7. The van der Waals surface area contributed by atoms with E-state index < -0.39 is 12.2 Å². The third kappa shape index (κ3) is 9.71. The molecule has 0 aliphatic heterocycles. The normalized spacial score (nSPS) is 13.6. The van der Waals surface area contributed by atoms with Crippen LogP contribution in [0.2, 0.25) is 0 Å². The molecule has 248 valence electrons. The Kier molecular flexibility index (Phi) is 13.0. The first-order valence-electron chi connectivity index (χ1n) is 17.1. The number of amides is 2. The Morgan fingerprint density at radius 2 is 0.894 bits per heavy atom. The standard InChI is InChI=1S/C41H50N2O4/c1-7-28(5)34-15-11-13-17-38(34)46-36(9-3)40(44)42-32-23-19-30(20-24-32)27-31-21-25-33(26-22-31)43-41(45)37(10-4)47-39-18-14-12-16-35(39)29(6)8-2/h11-26,28-29,36-37H,7-10,27H2,1-6H3,(H,42,44)(H,43,45). The molecule has 47 heavy (non-hydrogen) atoms. The summed E-state index contributed by atoms with van der Waals surface area (Å²) in [5.41, 5.74) is 5.94. The molecule has 0 saturated heterocycles. The van der Waals surface area contributed by atoms with Gasteiger partial charge in [0.1, 0.15) is 11.5 Å². The van der Waals surface area contributed by atoms with Gasteiger partial charge in [0.05, 0.1) is 0 Å². The van der Waals surface area contributed by atoms with E-state index in [0.717, 1.165) is 64.4 Å². The van der Waals surface area contributed by atoms with Gasteiger partial charge in [-0.15, -0.1) is 0 Å². The van der Waals surface area contributed by atoms with Crippen LogP contribution in [0.3, 0.4) is 0 Å². The summed E-state index contributed by atoms with van der Waals surface area (Å²) in [5.74, 6) is 1.92. The zero-order chi connectivity index (χ0) is 33.8. The van der Waals surface area contributed by atoms with Crippen LogP contribution in [0.25, 0.3) is 0 Å². The van der Waals surface area contributed by atoms with Crippen LogP contribution >= 0.6 is 0 Å². The Labute approximate surface area is 280 Å². The van der Waals surface area contributed by atoms with Gasteiger partial charge in [-0.2, -0.15) is 0 Å². The van der Waals surface area contributed by atoms with Gasteiger partial charge in [0.15, 0.2) is 12.2 Å². The van der Waals surface area contributed by atoms with Crippen molar-refractivity contribution in [3.05, 3.63) is 119 Å². The summed E-state index contributed by atoms with van der Waals surface area (Å²) in [4.78, 5) is 26.2. The Morgan fingerprint density at radius 1 is 0.532 bits per heavy atom. The lowest BCUT2D eigenvalue weighted by Crippen LogP contribution is -2.32. The molecule has 0 aromatic heterocycles. The predicted octanol–water partition coefficient (Wildman–Crippen LogP) is 9.90. The fourth-order valence-electron chi connectivity index (χ4n) is 5.47. The number of nitrogens with one attached hydrogen (secondary N) is 2. The van der Waals surface area contributed by atoms with E-state index in [4.69, 9.17) is 9.47 Å². The van der Waals surface area contributed by atoms with E-state index in [1.165, 1.54) is 0 Å². The van der Waals surface area contributed by atoms with Gasteiger partial charge >= 0.3 is 0 Å². The number of para-hydroxylation sites is 2. The van der Waals surface area contributed by atoms with Gasteiger partial charge in [-0.05, 0) is 103 Å². The first-order chi connectivity index (χ1) is 22.8. The maximum absolute atomic E-state index is 13.1. The summed E-state index contributed by atoms with van der Waals surface area (Å²) in [6, 6.07) is 31.7. The maximum atomic E-state index is 13.1. The van der Waals surface area contributed by atoms with E-state index in [9.17, 15) is 9.59 Å². The fourth-order valence-corrected chi connectivity index (χ4v) is 5.47. The van der Waals surface area contributed by atoms with E-state index in [0.29, 0.717) is 24.7 Å². The maximum Gasteiger partial charge on any atom is 0.265 e. The van der Waals surface area contributed by atoms with Crippen molar-refractivity contribution in [2.75, 3.05) is 10.6 Å². The number of carbonyl (C=O) groups is 2. The first-order valence-corrected chi connectivity index (χ1v) is 17.1. The van der Waals surface area contributed by atoms with E-state index in [-0.39, 0.29) is 11.8 Å². The summed E-state index contributed by atoms with van der Waals surface area (Å²) in [6.45, 7) is 12.6. The molecule has 4 unspecified atom stereocenters. The molecule has 0 spiro atoms. The van der Waals surface area contributed by atoms with Gasteiger partial charge in [0.2, 0.25) is 0 Å². The predicted molar refractivity (Wildman–Crippen MR) is 193 cm³/mol. The number of hydrogen-bond donors (Lipinski definition) is 2. The monoisotopic (exact) mass is 634 g/mol. The minimum Gasteiger partial charge on any atom is -0.480 e. The van der Waals surface area contributed by atoms with Crippen molar-refractivity contribution >= 4 is 23.2 Å². The van der Waals surface area contributed by atoms with E-state index in [1.807, 2.05) is 98.8 Å². The Balaban J connectivity index is 1.31. The summed E-state index contributed by atoms with van der Waals surface area (Å²) < 4.78 is 12.4. The average molecular weight is 635 g/mol. The summed E-state index contributed by atoms with van der Waals surface area (Å²) in [5, 5.41) is 6.04. The molecular weight excluding hydrogens is 584 g/mol. The first kappa shape index (κ1) is 35.3. The summed E-state index contributed by atoms with van der Waals surface area (Å²) >= 11 is 0. The van der Waals surface area contributed by atoms with Crippen molar-refractivity contribution in [2.24, 2.45) is 0 Å². The van der Waals surface area contributed by atoms with Crippen molar-refractivity contribution in [3.8, 4) is 11.5 Å². The highest BCUT2D eigenvalue weighted by atomic mass is 16.5. The van der Waals surface area contributed by atoms with Crippen LogP contribution in [0, 0.1) is 0 Å². The molecule has 4 aromatic rings. The quantitative estimate of drug-likeness (QED) is 0.129. The minimum absolute atomic E-state index is 0.160. The number of ether oxygens (including phenoxy) is 2. The second-order valence-corrected chi connectivity index (χ2v) is 12.3. The fraction of sp³-hybridized carbons (Fsp3) is 0.366. The molecule has 0 aliphatic rings.